The van der Waals surface area contributed by atoms with E-state index >= 15 is 0 Å². The first kappa shape index (κ1) is 13.2. The third kappa shape index (κ3) is 6.00. The SMILES string of the molecule is C=C.CNN1CCOCC1.N. The molecule has 0 unspecified atom stereocenters. The predicted octanol–water partition coefficient (Wildman–Crippen LogP) is 0.417. The van der Waals surface area contributed by atoms with Gasteiger partial charge >= 0.3 is 0 Å². The summed E-state index contributed by atoms with van der Waals surface area (Å²) in [6.07, 6.45) is 0. The Morgan fingerprint density at radius 3 is 2.00 bits per heavy atom. The Kier molecular flexibility index (Phi) is 11.5. The Bertz CT molecular complexity index is 74.1. The molecular formula is C7H19N3O. The Hall–Kier alpha value is -0.420. The molecule has 68 valence electrons. The molecule has 0 aromatic heterocycles. The molecule has 1 aliphatic heterocycles. The van der Waals surface area contributed by atoms with Crippen molar-refractivity contribution < 1.29 is 4.74 Å². The normalized spacial score (nSPS) is 17.5. The second kappa shape index (κ2) is 9.58. The molecule has 0 atom stereocenters. The van der Waals surface area contributed by atoms with Crippen molar-refractivity contribution in [3.63, 3.8) is 0 Å². The Balaban J connectivity index is 0. The van der Waals surface area contributed by atoms with Crippen LogP contribution in [0.1, 0.15) is 0 Å². The third-order valence-corrected chi connectivity index (χ3v) is 1.33. The second-order valence-corrected chi connectivity index (χ2v) is 1.82. The van der Waals surface area contributed by atoms with Crippen molar-refractivity contribution in [1.82, 2.24) is 16.6 Å². The Morgan fingerprint density at radius 1 is 1.27 bits per heavy atom. The number of rotatable bonds is 1. The first-order chi connectivity index (χ1) is 4.93. The molecule has 1 saturated heterocycles. The fourth-order valence-electron chi connectivity index (χ4n) is 0.787. The zero-order chi connectivity index (χ0) is 7.82. The minimum absolute atomic E-state index is 0. The summed E-state index contributed by atoms with van der Waals surface area (Å²) in [6.45, 7) is 9.74. The minimum Gasteiger partial charge on any atom is -0.379 e. The van der Waals surface area contributed by atoms with Crippen molar-refractivity contribution in [2.75, 3.05) is 33.4 Å². The van der Waals surface area contributed by atoms with Crippen molar-refractivity contribution in [2.45, 2.75) is 0 Å². The number of hydrazine groups is 1. The number of nitrogens with one attached hydrogen (secondary N) is 1. The maximum Gasteiger partial charge on any atom is 0.0608 e. The van der Waals surface area contributed by atoms with Crippen LogP contribution in [0.5, 0.6) is 0 Å². The van der Waals surface area contributed by atoms with Crippen molar-refractivity contribution in [3.8, 4) is 0 Å². The van der Waals surface area contributed by atoms with Gasteiger partial charge in [-0.15, -0.1) is 13.2 Å². The summed E-state index contributed by atoms with van der Waals surface area (Å²) >= 11 is 0. The molecule has 1 rings (SSSR count). The first-order valence-corrected chi connectivity index (χ1v) is 3.43. The second-order valence-electron chi connectivity index (χ2n) is 1.82. The fraction of sp³-hybridized carbons (Fsp3) is 0.714. The highest BCUT2D eigenvalue weighted by molar-refractivity contribution is 4.53. The molecule has 4 N–H and O–H groups in total. The zero-order valence-electron chi connectivity index (χ0n) is 7.31. The molecule has 0 aromatic carbocycles. The Labute approximate surface area is 68.8 Å². The molecule has 1 fully saturated rings. The maximum atomic E-state index is 5.12. The third-order valence-electron chi connectivity index (χ3n) is 1.33. The van der Waals surface area contributed by atoms with Crippen LogP contribution in [-0.4, -0.2) is 38.4 Å². The molecule has 0 aliphatic carbocycles. The molecule has 4 heteroatoms. The smallest absolute Gasteiger partial charge is 0.0608 e. The van der Waals surface area contributed by atoms with Crippen LogP contribution in [0.25, 0.3) is 0 Å². The summed E-state index contributed by atoms with van der Waals surface area (Å²) in [4.78, 5) is 0. The van der Waals surface area contributed by atoms with E-state index < -0.39 is 0 Å². The summed E-state index contributed by atoms with van der Waals surface area (Å²) < 4.78 is 5.12. The summed E-state index contributed by atoms with van der Waals surface area (Å²) in [5, 5.41) is 2.14. The predicted molar refractivity (Wildman–Crippen MR) is 47.7 cm³/mol. The molecule has 0 amide bonds. The molecule has 0 spiro atoms. The highest BCUT2D eigenvalue weighted by Gasteiger charge is 2.05. The van der Waals surface area contributed by atoms with E-state index in [1.54, 1.807) is 0 Å². The molecule has 4 nitrogen and oxygen atoms in total. The van der Waals surface area contributed by atoms with E-state index in [2.05, 4.69) is 23.6 Å². The lowest BCUT2D eigenvalue weighted by Gasteiger charge is -2.24. The largest absolute Gasteiger partial charge is 0.379 e. The zero-order valence-corrected chi connectivity index (χ0v) is 7.31. The standard InChI is InChI=1S/C5H12N2O.C2H4.H3N/c1-6-7-2-4-8-5-3-7;1-2;/h6H,2-5H2,1H3;1-2H2;1H3. The number of morpholine rings is 1. The van der Waals surface area contributed by atoms with Gasteiger partial charge in [0.2, 0.25) is 0 Å². The first-order valence-electron chi connectivity index (χ1n) is 3.43. The number of hydrogen-bond acceptors (Lipinski definition) is 4. The van der Waals surface area contributed by atoms with E-state index in [-0.39, 0.29) is 6.15 Å². The monoisotopic (exact) mass is 161 g/mol. The van der Waals surface area contributed by atoms with Crippen LogP contribution in [0.3, 0.4) is 0 Å². The summed E-state index contributed by atoms with van der Waals surface area (Å²) in [5.74, 6) is 0. The van der Waals surface area contributed by atoms with Crippen LogP contribution in [0.2, 0.25) is 0 Å². The molecule has 0 bridgehead atoms. The lowest BCUT2D eigenvalue weighted by Crippen LogP contribution is -2.43. The molecule has 1 aliphatic rings. The van der Waals surface area contributed by atoms with Crippen molar-refractivity contribution >= 4 is 0 Å². The molecule has 0 aromatic rings. The number of ether oxygens (including phenoxy) is 1. The maximum absolute atomic E-state index is 5.12. The van der Waals surface area contributed by atoms with Gasteiger partial charge in [0.25, 0.3) is 0 Å². The van der Waals surface area contributed by atoms with Crippen LogP contribution in [0, 0.1) is 0 Å². The summed E-state index contributed by atoms with van der Waals surface area (Å²) in [6, 6.07) is 0. The van der Waals surface area contributed by atoms with Gasteiger partial charge in [-0.05, 0) is 7.05 Å². The van der Waals surface area contributed by atoms with Crippen LogP contribution < -0.4 is 11.6 Å². The van der Waals surface area contributed by atoms with Gasteiger partial charge in [-0.2, -0.15) is 0 Å². The number of nitrogens with zero attached hydrogens (tertiary/aromatic N) is 1. The van der Waals surface area contributed by atoms with Crippen molar-refractivity contribution in [1.29, 1.82) is 0 Å². The average Bonchev–Trinajstić information content (AvgIpc) is 2.10. The van der Waals surface area contributed by atoms with Gasteiger partial charge in [-0.3, -0.25) is 5.43 Å². The van der Waals surface area contributed by atoms with E-state index in [0.29, 0.717) is 0 Å². The van der Waals surface area contributed by atoms with Crippen LogP contribution >= 0.6 is 0 Å². The van der Waals surface area contributed by atoms with Gasteiger partial charge in [0, 0.05) is 13.1 Å². The van der Waals surface area contributed by atoms with E-state index in [0.717, 1.165) is 26.3 Å². The highest BCUT2D eigenvalue weighted by Crippen LogP contribution is 1.89. The average molecular weight is 161 g/mol. The minimum atomic E-state index is 0. The van der Waals surface area contributed by atoms with Gasteiger partial charge in [-0.25, -0.2) is 5.01 Å². The molecule has 0 saturated carbocycles. The van der Waals surface area contributed by atoms with Gasteiger partial charge in [0.05, 0.1) is 13.2 Å². The van der Waals surface area contributed by atoms with E-state index in [1.807, 2.05) is 7.05 Å². The lowest BCUT2D eigenvalue weighted by molar-refractivity contribution is 0.0171. The van der Waals surface area contributed by atoms with Gasteiger partial charge in [0.15, 0.2) is 0 Å². The van der Waals surface area contributed by atoms with E-state index in [4.69, 9.17) is 4.74 Å². The molecule has 0 radical (unpaired) electrons. The molecule has 11 heavy (non-hydrogen) atoms. The van der Waals surface area contributed by atoms with Gasteiger partial charge in [0.1, 0.15) is 0 Å². The molecular weight excluding hydrogens is 142 g/mol. The van der Waals surface area contributed by atoms with E-state index in [9.17, 15) is 0 Å². The fourth-order valence-corrected chi connectivity index (χ4v) is 0.787. The molecule has 1 heterocycles. The summed E-state index contributed by atoms with van der Waals surface area (Å²) in [5.41, 5.74) is 3.06. The van der Waals surface area contributed by atoms with Crippen LogP contribution in [0.15, 0.2) is 13.2 Å². The topological polar surface area (TPSA) is 59.5 Å². The lowest BCUT2D eigenvalue weighted by atomic mass is 10.5. The van der Waals surface area contributed by atoms with E-state index in [1.165, 1.54) is 0 Å². The highest BCUT2D eigenvalue weighted by atomic mass is 16.5. The van der Waals surface area contributed by atoms with Crippen LogP contribution in [-0.2, 0) is 4.74 Å². The van der Waals surface area contributed by atoms with Gasteiger partial charge in [-0.1, -0.05) is 0 Å². The van der Waals surface area contributed by atoms with Crippen LogP contribution in [0.4, 0.5) is 0 Å². The summed E-state index contributed by atoms with van der Waals surface area (Å²) in [7, 11) is 1.94. The Morgan fingerprint density at radius 2 is 1.73 bits per heavy atom. The van der Waals surface area contributed by atoms with Crippen molar-refractivity contribution in [2.24, 2.45) is 0 Å². The van der Waals surface area contributed by atoms with Gasteiger partial charge < -0.3 is 10.9 Å². The quantitative estimate of drug-likeness (QED) is 0.547. The number of hydrogen-bond donors (Lipinski definition) is 2. The van der Waals surface area contributed by atoms with Crippen molar-refractivity contribution in [3.05, 3.63) is 13.2 Å².